The standard InChI is InChI=1S/C18H18F3N3O5S/c1-9-8-30-18(28)24(9)6-5-14(26)29-10(2)17(27)22-7-13(25)23-12-4-3-11(19)15(20)16(12)21/h3-4,8,10H,5-7H2,1-2H3,(H,22,27)(H,23,25)/t10-/m0/s1. The van der Waals surface area contributed by atoms with Crippen LogP contribution in [0.5, 0.6) is 0 Å². The van der Waals surface area contributed by atoms with Crippen molar-refractivity contribution >= 4 is 34.8 Å². The molecule has 8 nitrogen and oxygen atoms in total. The summed E-state index contributed by atoms with van der Waals surface area (Å²) >= 11 is 1.00. The average Bonchev–Trinajstić information content (AvgIpc) is 3.02. The molecule has 0 saturated carbocycles. The number of hydrogen-bond donors (Lipinski definition) is 2. The number of rotatable bonds is 8. The lowest BCUT2D eigenvalue weighted by Gasteiger charge is -2.14. The van der Waals surface area contributed by atoms with Crippen LogP contribution in [0.25, 0.3) is 0 Å². The zero-order chi connectivity index (χ0) is 22.4. The van der Waals surface area contributed by atoms with E-state index in [-0.39, 0.29) is 17.8 Å². The van der Waals surface area contributed by atoms with Gasteiger partial charge < -0.3 is 19.9 Å². The molecule has 1 aromatic heterocycles. The second kappa shape index (κ2) is 10.1. The summed E-state index contributed by atoms with van der Waals surface area (Å²) < 4.78 is 45.9. The Morgan fingerprint density at radius 2 is 1.90 bits per heavy atom. The molecule has 0 aliphatic heterocycles. The first-order valence-electron chi connectivity index (χ1n) is 8.65. The summed E-state index contributed by atoms with van der Waals surface area (Å²) in [5.41, 5.74) is 0.110. The zero-order valence-electron chi connectivity index (χ0n) is 16.0. The van der Waals surface area contributed by atoms with Crippen molar-refractivity contribution in [2.75, 3.05) is 11.9 Å². The third-order valence-electron chi connectivity index (χ3n) is 3.93. The summed E-state index contributed by atoms with van der Waals surface area (Å²) in [5, 5.41) is 5.81. The third kappa shape index (κ3) is 5.92. The number of carbonyl (C=O) groups is 3. The van der Waals surface area contributed by atoms with Crippen LogP contribution in [-0.4, -0.2) is 35.0 Å². The largest absolute Gasteiger partial charge is 0.452 e. The maximum Gasteiger partial charge on any atom is 0.308 e. The number of aryl methyl sites for hydroxylation is 1. The summed E-state index contributed by atoms with van der Waals surface area (Å²) in [6.45, 7) is 2.48. The molecule has 0 fully saturated rings. The Morgan fingerprint density at radius 3 is 2.53 bits per heavy atom. The SMILES string of the molecule is Cc1csc(=O)n1CCC(=O)O[C@@H](C)C(=O)NCC(=O)Nc1ccc(F)c(F)c1F. The van der Waals surface area contributed by atoms with E-state index in [4.69, 9.17) is 4.74 Å². The Balaban J connectivity index is 1.78. The van der Waals surface area contributed by atoms with Gasteiger partial charge in [0.1, 0.15) is 0 Å². The topological polar surface area (TPSA) is 106 Å². The summed E-state index contributed by atoms with van der Waals surface area (Å²) in [7, 11) is 0. The number of carbonyl (C=O) groups excluding carboxylic acids is 3. The number of nitrogens with zero attached hydrogens (tertiary/aromatic N) is 1. The van der Waals surface area contributed by atoms with Crippen molar-refractivity contribution in [2.45, 2.75) is 32.9 Å². The fourth-order valence-corrected chi connectivity index (χ4v) is 3.08. The monoisotopic (exact) mass is 445 g/mol. The van der Waals surface area contributed by atoms with Gasteiger partial charge in [0.05, 0.1) is 18.7 Å². The van der Waals surface area contributed by atoms with Crippen LogP contribution < -0.4 is 15.5 Å². The van der Waals surface area contributed by atoms with E-state index in [1.54, 1.807) is 12.3 Å². The predicted molar refractivity (Wildman–Crippen MR) is 101 cm³/mol. The number of thiazole rings is 1. The van der Waals surface area contributed by atoms with Gasteiger partial charge in [0.25, 0.3) is 5.91 Å². The van der Waals surface area contributed by atoms with Crippen LogP contribution in [0.15, 0.2) is 22.3 Å². The lowest BCUT2D eigenvalue weighted by Crippen LogP contribution is -2.40. The Morgan fingerprint density at radius 1 is 1.20 bits per heavy atom. The Hall–Kier alpha value is -3.15. The quantitative estimate of drug-likeness (QED) is 0.475. The van der Waals surface area contributed by atoms with Crippen molar-refractivity contribution in [3.63, 3.8) is 0 Å². The van der Waals surface area contributed by atoms with Gasteiger partial charge in [-0.2, -0.15) is 0 Å². The molecule has 2 rings (SSSR count). The minimum absolute atomic E-state index is 0.101. The number of halogens is 3. The van der Waals surface area contributed by atoms with E-state index in [2.05, 4.69) is 5.32 Å². The van der Waals surface area contributed by atoms with Gasteiger partial charge in [-0.15, -0.1) is 0 Å². The fourth-order valence-electron chi connectivity index (χ4n) is 2.32. The molecular formula is C18H18F3N3O5S. The van der Waals surface area contributed by atoms with E-state index < -0.39 is 53.6 Å². The minimum atomic E-state index is -1.74. The van der Waals surface area contributed by atoms with Gasteiger partial charge in [0, 0.05) is 17.6 Å². The zero-order valence-corrected chi connectivity index (χ0v) is 16.8. The number of aromatic nitrogens is 1. The highest BCUT2D eigenvalue weighted by Crippen LogP contribution is 2.19. The highest BCUT2D eigenvalue weighted by atomic mass is 32.1. The molecule has 30 heavy (non-hydrogen) atoms. The van der Waals surface area contributed by atoms with Gasteiger partial charge in [0.2, 0.25) is 5.91 Å². The molecule has 162 valence electrons. The van der Waals surface area contributed by atoms with Crippen LogP contribution in [0.4, 0.5) is 18.9 Å². The van der Waals surface area contributed by atoms with E-state index in [0.29, 0.717) is 11.8 Å². The van der Waals surface area contributed by atoms with Gasteiger partial charge in [-0.05, 0) is 26.0 Å². The molecular weight excluding hydrogens is 427 g/mol. The smallest absolute Gasteiger partial charge is 0.308 e. The first-order valence-corrected chi connectivity index (χ1v) is 9.53. The highest BCUT2D eigenvalue weighted by molar-refractivity contribution is 7.07. The second-order valence-corrected chi connectivity index (χ2v) is 6.99. The van der Waals surface area contributed by atoms with Gasteiger partial charge >= 0.3 is 10.8 Å². The number of anilines is 1. The van der Waals surface area contributed by atoms with Crippen LogP contribution in [0.1, 0.15) is 19.0 Å². The summed E-state index contributed by atoms with van der Waals surface area (Å²) in [4.78, 5) is 46.9. The van der Waals surface area contributed by atoms with Gasteiger partial charge in [-0.25, -0.2) is 13.2 Å². The van der Waals surface area contributed by atoms with Gasteiger partial charge in [0.15, 0.2) is 23.6 Å². The molecule has 2 aromatic rings. The Bertz CT molecular complexity index is 1020. The van der Waals surface area contributed by atoms with E-state index >= 15 is 0 Å². The third-order valence-corrected chi connectivity index (χ3v) is 4.81. The maximum absolute atomic E-state index is 13.5. The number of esters is 1. The van der Waals surface area contributed by atoms with Crippen LogP contribution in [0, 0.1) is 24.4 Å². The van der Waals surface area contributed by atoms with Crippen molar-refractivity contribution in [2.24, 2.45) is 0 Å². The van der Waals surface area contributed by atoms with E-state index in [1.165, 1.54) is 11.5 Å². The highest BCUT2D eigenvalue weighted by Gasteiger charge is 2.20. The van der Waals surface area contributed by atoms with Crippen LogP contribution in [-0.2, 0) is 25.7 Å². The molecule has 0 bridgehead atoms. The van der Waals surface area contributed by atoms with Crippen LogP contribution in [0.3, 0.4) is 0 Å². The predicted octanol–water partition coefficient (Wildman–Crippen LogP) is 1.71. The average molecular weight is 445 g/mol. The van der Waals surface area contributed by atoms with Crippen molar-refractivity contribution in [3.8, 4) is 0 Å². The maximum atomic E-state index is 13.5. The first kappa shape index (κ1) is 23.1. The summed E-state index contributed by atoms with van der Waals surface area (Å²) in [5.74, 6) is -7.14. The Labute approximate surface area is 172 Å². The molecule has 0 saturated heterocycles. The number of nitrogens with one attached hydrogen (secondary N) is 2. The molecule has 0 aliphatic rings. The van der Waals surface area contributed by atoms with Crippen molar-refractivity contribution in [1.82, 2.24) is 9.88 Å². The molecule has 1 aromatic carbocycles. The summed E-state index contributed by atoms with van der Waals surface area (Å²) in [6.07, 6.45) is -1.36. The molecule has 2 amide bonds. The molecule has 2 N–H and O–H groups in total. The van der Waals surface area contributed by atoms with Crippen molar-refractivity contribution in [3.05, 3.63) is 50.3 Å². The minimum Gasteiger partial charge on any atom is -0.452 e. The lowest BCUT2D eigenvalue weighted by atomic mass is 10.2. The lowest BCUT2D eigenvalue weighted by molar-refractivity contribution is -0.155. The molecule has 0 aliphatic carbocycles. The van der Waals surface area contributed by atoms with E-state index in [0.717, 1.165) is 17.4 Å². The molecule has 0 radical (unpaired) electrons. The fraction of sp³-hybridized carbons (Fsp3) is 0.333. The van der Waals surface area contributed by atoms with E-state index in [9.17, 15) is 32.3 Å². The van der Waals surface area contributed by atoms with Gasteiger partial charge in [-0.3, -0.25) is 19.2 Å². The van der Waals surface area contributed by atoms with Crippen LogP contribution in [0.2, 0.25) is 0 Å². The second-order valence-electron chi connectivity index (χ2n) is 6.17. The summed E-state index contributed by atoms with van der Waals surface area (Å²) in [6, 6.07) is 1.47. The molecule has 12 heteroatoms. The molecule has 1 heterocycles. The normalized spacial score (nSPS) is 11.6. The first-order chi connectivity index (χ1) is 14.1. The Kier molecular flexibility index (Phi) is 7.75. The van der Waals surface area contributed by atoms with Crippen molar-refractivity contribution in [1.29, 1.82) is 0 Å². The van der Waals surface area contributed by atoms with Crippen LogP contribution >= 0.6 is 11.3 Å². The number of benzene rings is 1. The molecule has 0 unspecified atom stereocenters. The number of ether oxygens (including phenoxy) is 1. The number of hydrogen-bond acceptors (Lipinski definition) is 6. The van der Waals surface area contributed by atoms with Crippen molar-refractivity contribution < 1.29 is 32.3 Å². The molecule has 0 spiro atoms. The van der Waals surface area contributed by atoms with Gasteiger partial charge in [-0.1, -0.05) is 11.3 Å². The molecule has 1 atom stereocenters. The number of amides is 2. The van der Waals surface area contributed by atoms with E-state index in [1.807, 2.05) is 5.32 Å².